The molecule has 18 heavy (non-hydrogen) atoms. The summed E-state index contributed by atoms with van der Waals surface area (Å²) in [5.74, 6) is 0. The Morgan fingerprint density at radius 2 is 2.00 bits per heavy atom. The molecule has 0 N–H and O–H groups in total. The lowest BCUT2D eigenvalue weighted by molar-refractivity contribution is 0.339. The van der Waals surface area contributed by atoms with E-state index in [1.165, 1.54) is 11.3 Å². The quantitative estimate of drug-likeness (QED) is 0.683. The molecule has 1 aliphatic carbocycles. The molecule has 0 atom stereocenters. The van der Waals surface area contributed by atoms with Crippen LogP contribution >= 0.6 is 43.2 Å². The first-order chi connectivity index (χ1) is 8.55. The van der Waals surface area contributed by atoms with Crippen molar-refractivity contribution in [3.63, 3.8) is 0 Å². The third-order valence-corrected chi connectivity index (χ3v) is 7.55. The Morgan fingerprint density at radius 3 is 2.50 bits per heavy atom. The maximum Gasteiger partial charge on any atom is 0.252 e. The molecule has 1 aromatic rings. The van der Waals surface area contributed by atoms with Crippen LogP contribution in [0.15, 0.2) is 20.1 Å². The van der Waals surface area contributed by atoms with E-state index in [0.717, 1.165) is 29.5 Å². The maximum absolute atomic E-state index is 12.6. The van der Waals surface area contributed by atoms with Crippen molar-refractivity contribution in [2.24, 2.45) is 0 Å². The van der Waals surface area contributed by atoms with Gasteiger partial charge in [0.1, 0.15) is 4.21 Å². The van der Waals surface area contributed by atoms with Crippen molar-refractivity contribution in [2.45, 2.75) is 35.9 Å². The number of sulfonamides is 1. The lowest BCUT2D eigenvalue weighted by Crippen LogP contribution is -2.39. The molecule has 1 fully saturated rings. The van der Waals surface area contributed by atoms with Gasteiger partial charge in [-0.25, -0.2) is 8.42 Å². The van der Waals surface area contributed by atoms with Gasteiger partial charge in [0.25, 0.3) is 10.0 Å². The summed E-state index contributed by atoms with van der Waals surface area (Å²) >= 11 is 7.96. The molecular formula is C11H15Br2NO2S2. The summed E-state index contributed by atoms with van der Waals surface area (Å²) in [4.78, 5) is 0. The largest absolute Gasteiger partial charge is 0.252 e. The van der Waals surface area contributed by atoms with Crippen molar-refractivity contribution in [2.75, 3.05) is 11.9 Å². The van der Waals surface area contributed by atoms with Gasteiger partial charge in [-0.3, -0.25) is 0 Å². The summed E-state index contributed by atoms with van der Waals surface area (Å²) in [6.07, 6.45) is 4.23. The minimum Gasteiger partial charge on any atom is -0.206 e. The molecule has 0 radical (unpaired) electrons. The summed E-state index contributed by atoms with van der Waals surface area (Å²) in [7, 11) is -3.33. The van der Waals surface area contributed by atoms with E-state index < -0.39 is 10.0 Å². The van der Waals surface area contributed by atoms with Gasteiger partial charge in [-0.15, -0.1) is 11.3 Å². The number of halogens is 2. The number of hydrogen-bond donors (Lipinski definition) is 0. The van der Waals surface area contributed by atoms with E-state index in [2.05, 4.69) is 31.9 Å². The first kappa shape index (κ1) is 15.0. The lowest BCUT2D eigenvalue weighted by atomic mass is 10.2. The number of thiophene rings is 1. The lowest BCUT2D eigenvalue weighted by Gasteiger charge is -2.26. The minimum absolute atomic E-state index is 0.174. The highest BCUT2D eigenvalue weighted by Crippen LogP contribution is 2.33. The highest BCUT2D eigenvalue weighted by Gasteiger charge is 2.33. The zero-order valence-electron chi connectivity index (χ0n) is 9.81. The Bertz CT molecular complexity index is 495. The van der Waals surface area contributed by atoms with Gasteiger partial charge in [0, 0.05) is 17.9 Å². The second-order valence-electron chi connectivity index (χ2n) is 4.30. The third-order valence-electron chi connectivity index (χ3n) is 3.15. The average Bonchev–Trinajstić information content (AvgIpc) is 2.96. The van der Waals surface area contributed by atoms with E-state index in [-0.39, 0.29) is 6.04 Å². The van der Waals surface area contributed by atoms with E-state index in [4.69, 9.17) is 0 Å². The normalized spacial score (nSPS) is 17.7. The Hall–Kier alpha value is 0.570. The molecule has 1 heterocycles. The van der Waals surface area contributed by atoms with Crippen LogP contribution in [-0.2, 0) is 10.0 Å². The second-order valence-corrected chi connectivity index (χ2v) is 9.67. The average molecular weight is 417 g/mol. The highest BCUT2D eigenvalue weighted by molar-refractivity contribution is 9.11. The van der Waals surface area contributed by atoms with Crippen LogP contribution in [0.4, 0.5) is 0 Å². The van der Waals surface area contributed by atoms with Crippen molar-refractivity contribution in [1.82, 2.24) is 4.31 Å². The minimum atomic E-state index is -3.33. The third kappa shape index (κ3) is 3.17. The van der Waals surface area contributed by atoms with Gasteiger partial charge in [-0.1, -0.05) is 28.8 Å². The number of alkyl halides is 1. The molecular weight excluding hydrogens is 402 g/mol. The van der Waals surface area contributed by atoms with E-state index in [9.17, 15) is 8.42 Å². The monoisotopic (exact) mass is 415 g/mol. The Morgan fingerprint density at radius 1 is 1.33 bits per heavy atom. The van der Waals surface area contributed by atoms with E-state index in [1.54, 1.807) is 16.4 Å². The predicted octanol–water partition coefficient (Wildman–Crippen LogP) is 3.84. The Labute approximate surface area is 129 Å². The fraction of sp³-hybridized carbons (Fsp3) is 0.636. The van der Waals surface area contributed by atoms with Crippen LogP contribution in [0.1, 0.15) is 25.7 Å². The molecule has 0 unspecified atom stereocenters. The number of hydrogen-bond acceptors (Lipinski definition) is 3. The molecule has 0 spiro atoms. The summed E-state index contributed by atoms with van der Waals surface area (Å²) in [5, 5.41) is 0.676. The molecule has 1 aromatic heterocycles. The molecule has 0 saturated heterocycles. The molecule has 3 nitrogen and oxygen atoms in total. The zero-order valence-corrected chi connectivity index (χ0v) is 14.6. The van der Waals surface area contributed by atoms with E-state index in [1.807, 2.05) is 0 Å². The van der Waals surface area contributed by atoms with Gasteiger partial charge in [-0.05, 0) is 40.9 Å². The molecule has 7 heteroatoms. The van der Waals surface area contributed by atoms with Crippen LogP contribution in [0, 0.1) is 0 Å². The van der Waals surface area contributed by atoms with Crippen molar-refractivity contribution in [1.29, 1.82) is 0 Å². The SMILES string of the molecule is O=S(=O)(c1ccc(Br)s1)N(CCBr)C1CCCC1. The molecule has 0 aliphatic heterocycles. The van der Waals surface area contributed by atoms with Crippen LogP contribution < -0.4 is 0 Å². The van der Waals surface area contributed by atoms with Gasteiger partial charge in [-0.2, -0.15) is 4.31 Å². The fourth-order valence-corrected chi connectivity index (χ4v) is 6.77. The molecule has 0 amide bonds. The van der Waals surface area contributed by atoms with Gasteiger partial charge in [0.05, 0.1) is 3.79 Å². The van der Waals surface area contributed by atoms with Gasteiger partial charge in [0.2, 0.25) is 0 Å². The van der Waals surface area contributed by atoms with Crippen LogP contribution in [0.3, 0.4) is 0 Å². The van der Waals surface area contributed by atoms with Crippen LogP contribution in [0.5, 0.6) is 0 Å². The van der Waals surface area contributed by atoms with Crippen LogP contribution in [0.25, 0.3) is 0 Å². The molecule has 0 aromatic carbocycles. The summed E-state index contributed by atoms with van der Waals surface area (Å²) in [6, 6.07) is 3.65. The predicted molar refractivity (Wildman–Crippen MR) is 82.0 cm³/mol. The van der Waals surface area contributed by atoms with Crippen LogP contribution in [-0.4, -0.2) is 30.6 Å². The summed E-state index contributed by atoms with van der Waals surface area (Å²) < 4.78 is 28.2. The second kappa shape index (κ2) is 6.35. The van der Waals surface area contributed by atoms with Crippen molar-refractivity contribution in [3.8, 4) is 0 Å². The zero-order chi connectivity index (χ0) is 13.2. The Balaban J connectivity index is 2.28. The molecule has 2 rings (SSSR count). The number of rotatable bonds is 5. The molecule has 0 bridgehead atoms. The summed E-state index contributed by atoms with van der Waals surface area (Å²) in [5.41, 5.74) is 0. The first-order valence-electron chi connectivity index (χ1n) is 5.89. The van der Waals surface area contributed by atoms with Crippen molar-refractivity contribution >= 4 is 53.2 Å². The van der Waals surface area contributed by atoms with Crippen LogP contribution in [0.2, 0.25) is 0 Å². The van der Waals surface area contributed by atoms with Gasteiger partial charge in [0.15, 0.2) is 0 Å². The number of nitrogens with zero attached hydrogens (tertiary/aromatic N) is 1. The van der Waals surface area contributed by atoms with Crippen molar-refractivity contribution in [3.05, 3.63) is 15.9 Å². The van der Waals surface area contributed by atoms with Gasteiger partial charge >= 0.3 is 0 Å². The molecule has 1 aliphatic rings. The first-order valence-corrected chi connectivity index (χ1v) is 10.1. The van der Waals surface area contributed by atoms with E-state index >= 15 is 0 Å². The van der Waals surface area contributed by atoms with Gasteiger partial charge < -0.3 is 0 Å². The highest BCUT2D eigenvalue weighted by atomic mass is 79.9. The standard InChI is InChI=1S/C11H15Br2NO2S2/c12-7-8-14(9-3-1-2-4-9)18(15,16)11-6-5-10(13)17-11/h5-6,9H,1-4,7-8H2. The fourth-order valence-electron chi connectivity index (χ4n) is 2.33. The van der Waals surface area contributed by atoms with Crippen molar-refractivity contribution < 1.29 is 8.42 Å². The topological polar surface area (TPSA) is 37.4 Å². The molecule has 1 saturated carbocycles. The Kier molecular flexibility index (Phi) is 5.28. The smallest absolute Gasteiger partial charge is 0.206 e. The van der Waals surface area contributed by atoms with E-state index in [0.29, 0.717) is 16.1 Å². The molecule has 102 valence electrons. The summed E-state index contributed by atoms with van der Waals surface area (Å²) in [6.45, 7) is 0.544. The maximum atomic E-state index is 12.6.